The van der Waals surface area contributed by atoms with Gasteiger partial charge in [0, 0.05) is 7.05 Å². The van der Waals surface area contributed by atoms with Gasteiger partial charge < -0.3 is 9.40 Å². The molecule has 0 bridgehead atoms. The summed E-state index contributed by atoms with van der Waals surface area (Å²) in [6.45, 7) is 0.523. The lowest BCUT2D eigenvalue weighted by atomic mass is 10.1. The van der Waals surface area contributed by atoms with Crippen LogP contribution in [-0.2, 0) is 18.3 Å². The smallest absolute Gasteiger partial charge is 0.0955 e. The number of hydrogen-bond donors (Lipinski definition) is 1. The van der Waals surface area contributed by atoms with Crippen molar-refractivity contribution in [2.45, 2.75) is 6.42 Å². The molecule has 14 heavy (non-hydrogen) atoms. The van der Waals surface area contributed by atoms with E-state index >= 15 is 0 Å². The molecule has 74 valence electrons. The number of aryl methyl sites for hydroxylation is 1. The van der Waals surface area contributed by atoms with E-state index < -0.39 is 0 Å². The average molecular weight is 191 g/mol. The van der Waals surface area contributed by atoms with E-state index in [4.69, 9.17) is 5.90 Å². The maximum absolute atomic E-state index is 5.00. The van der Waals surface area contributed by atoms with Crippen molar-refractivity contribution in [3.63, 3.8) is 0 Å². The van der Waals surface area contributed by atoms with Crippen LogP contribution in [0.15, 0.2) is 24.5 Å². The molecule has 1 heterocycles. The van der Waals surface area contributed by atoms with Crippen molar-refractivity contribution in [1.29, 1.82) is 0 Å². The summed E-state index contributed by atoms with van der Waals surface area (Å²) in [5.41, 5.74) is 3.35. The van der Waals surface area contributed by atoms with Gasteiger partial charge in [-0.1, -0.05) is 12.1 Å². The quantitative estimate of drug-likeness (QED) is 0.736. The minimum atomic E-state index is 0.523. The van der Waals surface area contributed by atoms with Crippen molar-refractivity contribution in [3.8, 4) is 0 Å². The van der Waals surface area contributed by atoms with Gasteiger partial charge in [0.1, 0.15) is 0 Å². The molecular weight excluding hydrogens is 178 g/mol. The fourth-order valence-electron chi connectivity index (χ4n) is 1.59. The minimum Gasteiger partial charge on any atom is -0.334 e. The Morgan fingerprint density at radius 1 is 1.50 bits per heavy atom. The molecule has 0 radical (unpaired) electrons. The van der Waals surface area contributed by atoms with E-state index in [1.807, 2.05) is 30.1 Å². The predicted molar refractivity (Wildman–Crippen MR) is 54.6 cm³/mol. The van der Waals surface area contributed by atoms with E-state index in [9.17, 15) is 0 Å². The largest absolute Gasteiger partial charge is 0.334 e. The third-order valence-corrected chi connectivity index (χ3v) is 2.33. The molecule has 0 spiro atoms. The molecule has 0 unspecified atom stereocenters. The lowest BCUT2D eigenvalue weighted by molar-refractivity contribution is 0.141. The minimum absolute atomic E-state index is 0.523. The molecule has 0 saturated heterocycles. The standard InChI is InChI=1S/C10H13N3O/c1-13-7-12-10-8(5-6-14-11)3-2-4-9(10)13/h2-4,7H,5-6,11H2,1H3. The van der Waals surface area contributed by atoms with Crippen LogP contribution in [0.4, 0.5) is 0 Å². The molecule has 2 rings (SSSR count). The summed E-state index contributed by atoms with van der Waals surface area (Å²) in [6.07, 6.45) is 2.61. The van der Waals surface area contributed by atoms with Gasteiger partial charge in [-0.05, 0) is 18.1 Å². The van der Waals surface area contributed by atoms with Crippen LogP contribution in [0.3, 0.4) is 0 Å². The van der Waals surface area contributed by atoms with E-state index in [1.54, 1.807) is 0 Å². The van der Waals surface area contributed by atoms with Crippen LogP contribution in [-0.4, -0.2) is 16.2 Å². The molecule has 1 aromatic carbocycles. The summed E-state index contributed by atoms with van der Waals surface area (Å²) >= 11 is 0. The number of hydrogen-bond acceptors (Lipinski definition) is 3. The Bertz CT molecular complexity index is 436. The molecule has 0 aliphatic rings. The molecule has 0 amide bonds. The number of rotatable bonds is 3. The van der Waals surface area contributed by atoms with Crippen LogP contribution in [0.2, 0.25) is 0 Å². The Hall–Kier alpha value is -1.39. The van der Waals surface area contributed by atoms with Crippen molar-refractivity contribution < 1.29 is 4.84 Å². The lowest BCUT2D eigenvalue weighted by Crippen LogP contribution is -2.04. The van der Waals surface area contributed by atoms with Gasteiger partial charge in [-0.3, -0.25) is 0 Å². The molecule has 0 aliphatic carbocycles. The molecule has 0 aliphatic heterocycles. The molecule has 0 fully saturated rings. The van der Waals surface area contributed by atoms with E-state index in [0.717, 1.165) is 17.5 Å². The highest BCUT2D eigenvalue weighted by molar-refractivity contribution is 5.78. The number of nitrogens with two attached hydrogens (primary N) is 1. The maximum atomic E-state index is 5.00. The van der Waals surface area contributed by atoms with Crippen LogP contribution in [0.1, 0.15) is 5.56 Å². The van der Waals surface area contributed by atoms with Crippen molar-refractivity contribution in [3.05, 3.63) is 30.1 Å². The van der Waals surface area contributed by atoms with Crippen LogP contribution in [0, 0.1) is 0 Å². The normalized spacial score (nSPS) is 11.0. The van der Waals surface area contributed by atoms with Gasteiger partial charge in [0.15, 0.2) is 0 Å². The number of nitrogens with zero attached hydrogens (tertiary/aromatic N) is 2. The molecule has 4 heteroatoms. The monoisotopic (exact) mass is 191 g/mol. The van der Waals surface area contributed by atoms with E-state index in [2.05, 4.69) is 15.9 Å². The molecule has 4 nitrogen and oxygen atoms in total. The van der Waals surface area contributed by atoms with Crippen LogP contribution < -0.4 is 5.90 Å². The number of benzene rings is 1. The Morgan fingerprint density at radius 2 is 2.36 bits per heavy atom. The topological polar surface area (TPSA) is 53.1 Å². The maximum Gasteiger partial charge on any atom is 0.0955 e. The second kappa shape index (κ2) is 3.77. The highest BCUT2D eigenvalue weighted by Crippen LogP contribution is 2.16. The van der Waals surface area contributed by atoms with Gasteiger partial charge in [0.05, 0.1) is 24.0 Å². The van der Waals surface area contributed by atoms with Crippen LogP contribution in [0.25, 0.3) is 11.0 Å². The molecule has 1 aromatic heterocycles. The number of para-hydroxylation sites is 1. The van der Waals surface area contributed by atoms with Gasteiger partial charge in [0.25, 0.3) is 0 Å². The second-order valence-corrected chi connectivity index (χ2v) is 3.26. The average Bonchev–Trinajstić information content (AvgIpc) is 2.58. The van der Waals surface area contributed by atoms with E-state index in [-0.39, 0.29) is 0 Å². The number of imidazole rings is 1. The van der Waals surface area contributed by atoms with Crippen molar-refractivity contribution in [1.82, 2.24) is 9.55 Å². The summed E-state index contributed by atoms with van der Waals surface area (Å²) in [6, 6.07) is 6.12. The highest BCUT2D eigenvalue weighted by Gasteiger charge is 2.04. The second-order valence-electron chi connectivity index (χ2n) is 3.26. The summed E-state index contributed by atoms with van der Waals surface area (Å²) in [5, 5.41) is 0. The first kappa shape index (κ1) is 9.18. The van der Waals surface area contributed by atoms with E-state index in [1.165, 1.54) is 5.56 Å². The van der Waals surface area contributed by atoms with Crippen LogP contribution >= 0.6 is 0 Å². The summed E-state index contributed by atoms with van der Waals surface area (Å²) < 4.78 is 2.00. The first-order valence-electron chi connectivity index (χ1n) is 4.53. The number of aromatic nitrogens is 2. The molecule has 0 atom stereocenters. The third-order valence-electron chi connectivity index (χ3n) is 2.33. The summed E-state index contributed by atoms with van der Waals surface area (Å²) in [4.78, 5) is 8.90. The fraction of sp³-hybridized carbons (Fsp3) is 0.300. The highest BCUT2D eigenvalue weighted by atomic mass is 16.6. The zero-order valence-electron chi connectivity index (χ0n) is 8.10. The Morgan fingerprint density at radius 3 is 3.14 bits per heavy atom. The number of fused-ring (bicyclic) bond motifs is 1. The Kier molecular flexibility index (Phi) is 2.47. The molecule has 2 aromatic rings. The SMILES string of the molecule is Cn1cnc2c(CCON)cccc21. The van der Waals surface area contributed by atoms with Gasteiger partial charge in [-0.15, -0.1) is 0 Å². The Labute approximate surface area is 82.3 Å². The lowest BCUT2D eigenvalue weighted by Gasteiger charge is -2.01. The van der Waals surface area contributed by atoms with Gasteiger partial charge in [0.2, 0.25) is 0 Å². The first-order chi connectivity index (χ1) is 6.83. The molecule has 2 N–H and O–H groups in total. The fourth-order valence-corrected chi connectivity index (χ4v) is 1.59. The van der Waals surface area contributed by atoms with Crippen molar-refractivity contribution in [2.75, 3.05) is 6.61 Å². The molecular formula is C10H13N3O. The zero-order valence-corrected chi connectivity index (χ0v) is 8.10. The van der Waals surface area contributed by atoms with Gasteiger partial charge >= 0.3 is 0 Å². The van der Waals surface area contributed by atoms with Crippen molar-refractivity contribution in [2.24, 2.45) is 12.9 Å². The first-order valence-corrected chi connectivity index (χ1v) is 4.53. The van der Waals surface area contributed by atoms with Gasteiger partial charge in [-0.2, -0.15) is 0 Å². The Balaban J connectivity index is 2.44. The predicted octanol–water partition coefficient (Wildman–Crippen LogP) is 1.01. The van der Waals surface area contributed by atoms with Gasteiger partial charge in [-0.25, -0.2) is 10.9 Å². The molecule has 0 saturated carbocycles. The zero-order chi connectivity index (χ0) is 9.97. The summed E-state index contributed by atoms with van der Waals surface area (Å²) in [5.74, 6) is 5.00. The third kappa shape index (κ3) is 1.49. The summed E-state index contributed by atoms with van der Waals surface area (Å²) in [7, 11) is 1.98. The van der Waals surface area contributed by atoms with E-state index in [0.29, 0.717) is 6.61 Å². The van der Waals surface area contributed by atoms with Crippen molar-refractivity contribution >= 4 is 11.0 Å². The van der Waals surface area contributed by atoms with Crippen LogP contribution in [0.5, 0.6) is 0 Å².